The molecule has 7 nitrogen and oxygen atoms in total. The standard InChI is InChI=1S/C21H28N4O3/c1-13(2)27-19-10-5-16(12-22-19)20(26)25-17-6-8-18(9-7-17)28-21-23-14(3)11-15(4)24-21/h5,10-13,17-18H,6-9H2,1-4H3,(H,25,26). The highest BCUT2D eigenvalue weighted by Crippen LogP contribution is 2.23. The van der Waals surface area contributed by atoms with E-state index in [0.29, 0.717) is 17.5 Å². The van der Waals surface area contributed by atoms with E-state index in [1.807, 2.05) is 33.8 Å². The fraction of sp³-hybridized carbons (Fsp3) is 0.524. The normalized spacial score (nSPS) is 19.3. The van der Waals surface area contributed by atoms with Gasteiger partial charge in [-0.3, -0.25) is 4.79 Å². The van der Waals surface area contributed by atoms with E-state index in [9.17, 15) is 4.79 Å². The van der Waals surface area contributed by atoms with Crippen molar-refractivity contribution in [1.29, 1.82) is 0 Å². The summed E-state index contributed by atoms with van der Waals surface area (Å²) in [5, 5.41) is 3.09. The molecule has 1 saturated carbocycles. The molecule has 7 heteroatoms. The molecule has 1 fully saturated rings. The molecule has 0 aromatic carbocycles. The maximum atomic E-state index is 12.5. The zero-order chi connectivity index (χ0) is 20.1. The summed E-state index contributed by atoms with van der Waals surface area (Å²) in [4.78, 5) is 25.3. The Labute approximate surface area is 165 Å². The van der Waals surface area contributed by atoms with Crippen molar-refractivity contribution in [3.63, 3.8) is 0 Å². The van der Waals surface area contributed by atoms with Crippen molar-refractivity contribution in [2.24, 2.45) is 0 Å². The van der Waals surface area contributed by atoms with Gasteiger partial charge in [0, 0.05) is 29.7 Å². The first-order valence-corrected chi connectivity index (χ1v) is 9.81. The number of pyridine rings is 1. The van der Waals surface area contributed by atoms with E-state index in [1.54, 1.807) is 18.3 Å². The van der Waals surface area contributed by atoms with E-state index in [0.717, 1.165) is 37.1 Å². The molecule has 0 spiro atoms. The van der Waals surface area contributed by atoms with Crippen LogP contribution in [0.1, 0.15) is 61.3 Å². The molecular formula is C21H28N4O3. The minimum Gasteiger partial charge on any atom is -0.475 e. The van der Waals surface area contributed by atoms with Crippen LogP contribution in [0.15, 0.2) is 24.4 Å². The average molecular weight is 384 g/mol. The van der Waals surface area contributed by atoms with Crippen LogP contribution < -0.4 is 14.8 Å². The molecule has 0 atom stereocenters. The van der Waals surface area contributed by atoms with Crippen molar-refractivity contribution < 1.29 is 14.3 Å². The summed E-state index contributed by atoms with van der Waals surface area (Å²) in [6.45, 7) is 7.75. The predicted octanol–water partition coefficient (Wildman–Crippen LogP) is 3.40. The molecule has 1 amide bonds. The number of aryl methyl sites for hydroxylation is 2. The molecule has 1 aliphatic carbocycles. The number of nitrogens with one attached hydrogen (secondary N) is 1. The van der Waals surface area contributed by atoms with Gasteiger partial charge in [-0.1, -0.05) is 0 Å². The zero-order valence-electron chi connectivity index (χ0n) is 16.9. The quantitative estimate of drug-likeness (QED) is 0.821. The van der Waals surface area contributed by atoms with Crippen LogP contribution in [0.5, 0.6) is 11.9 Å². The van der Waals surface area contributed by atoms with Crippen LogP contribution in [0.25, 0.3) is 0 Å². The molecule has 1 N–H and O–H groups in total. The van der Waals surface area contributed by atoms with Crippen LogP contribution in [0.4, 0.5) is 0 Å². The second-order valence-electron chi connectivity index (χ2n) is 7.55. The van der Waals surface area contributed by atoms with Crippen molar-refractivity contribution in [1.82, 2.24) is 20.3 Å². The van der Waals surface area contributed by atoms with E-state index in [1.165, 1.54) is 0 Å². The Bertz CT molecular complexity index is 780. The molecule has 1 aliphatic rings. The van der Waals surface area contributed by atoms with Gasteiger partial charge < -0.3 is 14.8 Å². The number of hydrogen-bond donors (Lipinski definition) is 1. The van der Waals surface area contributed by atoms with Gasteiger partial charge in [-0.05, 0) is 65.5 Å². The minimum absolute atomic E-state index is 0.0543. The maximum Gasteiger partial charge on any atom is 0.317 e. The molecule has 0 aliphatic heterocycles. The molecule has 0 unspecified atom stereocenters. The maximum absolute atomic E-state index is 12.5. The van der Waals surface area contributed by atoms with Gasteiger partial charge in [-0.2, -0.15) is 0 Å². The Hall–Kier alpha value is -2.70. The van der Waals surface area contributed by atoms with Crippen LogP contribution >= 0.6 is 0 Å². The summed E-state index contributed by atoms with van der Waals surface area (Å²) in [5.41, 5.74) is 2.35. The summed E-state index contributed by atoms with van der Waals surface area (Å²) in [7, 11) is 0. The summed E-state index contributed by atoms with van der Waals surface area (Å²) in [6, 6.07) is 5.98. The highest BCUT2D eigenvalue weighted by Gasteiger charge is 2.24. The Morgan fingerprint density at radius 2 is 1.79 bits per heavy atom. The first-order chi connectivity index (χ1) is 13.4. The second-order valence-corrected chi connectivity index (χ2v) is 7.55. The smallest absolute Gasteiger partial charge is 0.317 e. The van der Waals surface area contributed by atoms with Gasteiger partial charge in [0.2, 0.25) is 5.88 Å². The molecule has 3 rings (SSSR count). The Morgan fingerprint density at radius 1 is 1.11 bits per heavy atom. The molecule has 2 aromatic heterocycles. The topological polar surface area (TPSA) is 86.2 Å². The lowest BCUT2D eigenvalue weighted by molar-refractivity contribution is 0.0884. The molecule has 150 valence electrons. The van der Waals surface area contributed by atoms with Gasteiger partial charge in [0.25, 0.3) is 5.91 Å². The molecule has 28 heavy (non-hydrogen) atoms. The van der Waals surface area contributed by atoms with Crippen molar-refractivity contribution in [2.45, 2.75) is 71.6 Å². The molecule has 0 radical (unpaired) electrons. The third-order valence-corrected chi connectivity index (χ3v) is 4.60. The van der Waals surface area contributed by atoms with E-state index in [2.05, 4.69) is 20.3 Å². The average Bonchev–Trinajstić information content (AvgIpc) is 2.62. The second kappa shape index (κ2) is 8.99. The van der Waals surface area contributed by atoms with Crippen molar-refractivity contribution in [2.75, 3.05) is 0 Å². The van der Waals surface area contributed by atoms with E-state index >= 15 is 0 Å². The van der Waals surface area contributed by atoms with Crippen molar-refractivity contribution in [3.05, 3.63) is 41.3 Å². The summed E-state index contributed by atoms with van der Waals surface area (Å²) < 4.78 is 11.4. The largest absolute Gasteiger partial charge is 0.475 e. The Balaban J connectivity index is 1.47. The van der Waals surface area contributed by atoms with Gasteiger partial charge >= 0.3 is 6.01 Å². The van der Waals surface area contributed by atoms with Gasteiger partial charge in [0.1, 0.15) is 6.10 Å². The number of nitrogens with zero attached hydrogens (tertiary/aromatic N) is 3. The molecule has 0 bridgehead atoms. The summed E-state index contributed by atoms with van der Waals surface area (Å²) >= 11 is 0. The third-order valence-electron chi connectivity index (χ3n) is 4.60. The van der Waals surface area contributed by atoms with Crippen molar-refractivity contribution in [3.8, 4) is 11.9 Å². The Kier molecular flexibility index (Phi) is 6.44. The monoisotopic (exact) mass is 384 g/mol. The summed E-state index contributed by atoms with van der Waals surface area (Å²) in [6.07, 6.45) is 5.15. The lowest BCUT2D eigenvalue weighted by Crippen LogP contribution is -2.39. The minimum atomic E-state index is -0.106. The number of carbonyl (C=O) groups excluding carboxylic acids is 1. The number of aromatic nitrogens is 3. The fourth-order valence-corrected chi connectivity index (χ4v) is 3.31. The highest BCUT2D eigenvalue weighted by atomic mass is 16.5. The number of hydrogen-bond acceptors (Lipinski definition) is 6. The van der Waals surface area contributed by atoms with E-state index in [4.69, 9.17) is 9.47 Å². The number of ether oxygens (including phenoxy) is 2. The SMILES string of the molecule is Cc1cc(C)nc(OC2CCC(NC(=O)c3ccc(OC(C)C)nc3)CC2)n1. The van der Waals surface area contributed by atoms with Gasteiger partial charge in [-0.15, -0.1) is 0 Å². The first kappa shape index (κ1) is 20.0. The third kappa shape index (κ3) is 5.65. The highest BCUT2D eigenvalue weighted by molar-refractivity contribution is 5.94. The molecular weight excluding hydrogens is 356 g/mol. The zero-order valence-corrected chi connectivity index (χ0v) is 16.9. The van der Waals surface area contributed by atoms with Gasteiger partial charge in [0.05, 0.1) is 11.7 Å². The lowest BCUT2D eigenvalue weighted by atomic mass is 9.93. The number of amides is 1. The van der Waals surface area contributed by atoms with Gasteiger partial charge in [0.15, 0.2) is 0 Å². The number of carbonyl (C=O) groups is 1. The summed E-state index contributed by atoms with van der Waals surface area (Å²) in [5.74, 6) is 0.420. The van der Waals surface area contributed by atoms with Crippen LogP contribution in [0, 0.1) is 13.8 Å². The predicted molar refractivity (Wildman–Crippen MR) is 106 cm³/mol. The van der Waals surface area contributed by atoms with Crippen LogP contribution in [-0.4, -0.2) is 39.1 Å². The fourth-order valence-electron chi connectivity index (χ4n) is 3.31. The Morgan fingerprint density at radius 3 is 2.36 bits per heavy atom. The van der Waals surface area contributed by atoms with Crippen LogP contribution in [-0.2, 0) is 0 Å². The van der Waals surface area contributed by atoms with E-state index < -0.39 is 0 Å². The lowest BCUT2D eigenvalue weighted by Gasteiger charge is -2.29. The molecule has 2 heterocycles. The van der Waals surface area contributed by atoms with Crippen LogP contribution in [0.3, 0.4) is 0 Å². The van der Waals surface area contributed by atoms with Crippen LogP contribution in [0.2, 0.25) is 0 Å². The molecule has 2 aromatic rings. The first-order valence-electron chi connectivity index (χ1n) is 9.81. The van der Waals surface area contributed by atoms with Crippen molar-refractivity contribution >= 4 is 5.91 Å². The van der Waals surface area contributed by atoms with Gasteiger partial charge in [-0.25, -0.2) is 15.0 Å². The molecule has 0 saturated heterocycles. The number of rotatable bonds is 6. The van der Waals surface area contributed by atoms with E-state index in [-0.39, 0.29) is 24.2 Å².